The van der Waals surface area contributed by atoms with E-state index in [4.69, 9.17) is 14.2 Å². The van der Waals surface area contributed by atoms with Crippen molar-refractivity contribution in [2.45, 2.75) is 19.8 Å². The molecule has 148 valence electrons. The second-order valence-corrected chi connectivity index (χ2v) is 6.13. The minimum Gasteiger partial charge on any atom is -0.493 e. The molecule has 1 aromatic heterocycles. The van der Waals surface area contributed by atoms with E-state index in [2.05, 4.69) is 15.3 Å². The van der Waals surface area contributed by atoms with Crippen molar-refractivity contribution in [2.75, 3.05) is 26.1 Å². The SMILES string of the molecule is CCOC(=O)C1=C(C)Nc2[nH]c(=O)[nH]c(=O)c2C1c1ccc(OC)c(OC)c1. The van der Waals surface area contributed by atoms with E-state index in [1.54, 1.807) is 32.0 Å². The summed E-state index contributed by atoms with van der Waals surface area (Å²) in [6.45, 7) is 3.57. The summed E-state index contributed by atoms with van der Waals surface area (Å²) < 4.78 is 15.8. The molecule has 1 unspecified atom stereocenters. The van der Waals surface area contributed by atoms with E-state index in [1.807, 2.05) is 0 Å². The molecule has 1 aromatic carbocycles. The molecule has 0 fully saturated rings. The van der Waals surface area contributed by atoms with E-state index >= 15 is 0 Å². The molecule has 3 N–H and O–H groups in total. The Morgan fingerprint density at radius 3 is 2.46 bits per heavy atom. The van der Waals surface area contributed by atoms with Gasteiger partial charge >= 0.3 is 11.7 Å². The summed E-state index contributed by atoms with van der Waals surface area (Å²) in [6.07, 6.45) is 0. The van der Waals surface area contributed by atoms with Crippen LogP contribution < -0.4 is 26.0 Å². The molecule has 9 heteroatoms. The first-order valence-corrected chi connectivity index (χ1v) is 8.64. The maximum absolute atomic E-state index is 12.7. The number of benzene rings is 1. The van der Waals surface area contributed by atoms with Gasteiger partial charge in [0.25, 0.3) is 5.56 Å². The third kappa shape index (κ3) is 3.26. The number of aromatic amines is 2. The summed E-state index contributed by atoms with van der Waals surface area (Å²) in [7, 11) is 3.01. The molecule has 1 aliphatic rings. The molecule has 0 aliphatic carbocycles. The predicted octanol–water partition coefficient (Wildman–Crippen LogP) is 1.47. The van der Waals surface area contributed by atoms with Crippen LogP contribution in [0.3, 0.4) is 0 Å². The van der Waals surface area contributed by atoms with E-state index in [0.717, 1.165) is 0 Å². The summed E-state index contributed by atoms with van der Waals surface area (Å²) in [4.78, 5) is 41.8. The summed E-state index contributed by atoms with van der Waals surface area (Å²) in [5.41, 5.74) is 0.335. The number of anilines is 1. The molecule has 0 radical (unpaired) electrons. The molecule has 0 bridgehead atoms. The van der Waals surface area contributed by atoms with Crippen LogP contribution in [0.4, 0.5) is 5.82 Å². The molecular formula is C19H21N3O6. The Labute approximate surface area is 160 Å². The number of fused-ring (bicyclic) bond motifs is 1. The highest BCUT2D eigenvalue weighted by Gasteiger charge is 2.36. The average molecular weight is 387 g/mol. The van der Waals surface area contributed by atoms with Gasteiger partial charge < -0.3 is 19.5 Å². The van der Waals surface area contributed by atoms with Gasteiger partial charge in [0.05, 0.1) is 37.9 Å². The highest BCUT2D eigenvalue weighted by Crippen LogP contribution is 2.41. The van der Waals surface area contributed by atoms with Gasteiger partial charge in [0, 0.05) is 5.70 Å². The Bertz CT molecular complexity index is 1070. The standard InChI is InChI=1S/C19H21N3O6/c1-5-28-18(24)13-9(2)20-16-15(17(23)22-19(25)21-16)14(13)10-6-7-11(26-3)12(8-10)27-4/h6-8,14H,5H2,1-4H3,(H3,20,21,22,23,25). The Balaban J connectivity index is 2.29. The lowest BCUT2D eigenvalue weighted by Gasteiger charge is -2.29. The highest BCUT2D eigenvalue weighted by molar-refractivity contribution is 5.94. The molecule has 28 heavy (non-hydrogen) atoms. The largest absolute Gasteiger partial charge is 0.493 e. The molecule has 3 rings (SSSR count). The summed E-state index contributed by atoms with van der Waals surface area (Å²) in [6, 6.07) is 5.11. The second kappa shape index (κ2) is 7.63. The number of H-pyrrole nitrogens is 2. The number of carbonyl (C=O) groups excluding carboxylic acids is 1. The van der Waals surface area contributed by atoms with E-state index in [0.29, 0.717) is 22.8 Å². The van der Waals surface area contributed by atoms with Crippen LogP contribution in [-0.4, -0.2) is 36.8 Å². The number of nitrogens with one attached hydrogen (secondary N) is 3. The molecule has 0 saturated carbocycles. The number of carbonyl (C=O) groups is 1. The monoisotopic (exact) mass is 387 g/mol. The molecule has 0 amide bonds. The topological polar surface area (TPSA) is 123 Å². The Morgan fingerprint density at radius 1 is 1.11 bits per heavy atom. The number of esters is 1. The van der Waals surface area contributed by atoms with E-state index < -0.39 is 23.1 Å². The predicted molar refractivity (Wildman–Crippen MR) is 102 cm³/mol. The summed E-state index contributed by atoms with van der Waals surface area (Å²) >= 11 is 0. The fourth-order valence-electron chi connectivity index (χ4n) is 3.33. The van der Waals surface area contributed by atoms with Crippen molar-refractivity contribution in [1.82, 2.24) is 9.97 Å². The third-order valence-corrected chi connectivity index (χ3v) is 4.51. The number of aromatic nitrogens is 2. The van der Waals surface area contributed by atoms with E-state index in [9.17, 15) is 14.4 Å². The zero-order valence-corrected chi connectivity index (χ0v) is 16.0. The number of hydrogen-bond donors (Lipinski definition) is 3. The van der Waals surface area contributed by atoms with E-state index in [-0.39, 0.29) is 23.6 Å². The second-order valence-electron chi connectivity index (χ2n) is 6.13. The molecule has 0 saturated heterocycles. The number of ether oxygens (including phenoxy) is 3. The van der Waals surface area contributed by atoms with Crippen molar-refractivity contribution in [3.63, 3.8) is 0 Å². The quantitative estimate of drug-likeness (QED) is 0.664. The summed E-state index contributed by atoms with van der Waals surface area (Å²) in [5, 5.41) is 2.93. The average Bonchev–Trinajstić information content (AvgIpc) is 2.66. The highest BCUT2D eigenvalue weighted by atomic mass is 16.5. The molecule has 1 aliphatic heterocycles. The normalized spacial score (nSPS) is 15.5. The third-order valence-electron chi connectivity index (χ3n) is 4.51. The Hall–Kier alpha value is -3.49. The Kier molecular flexibility index (Phi) is 5.25. The Morgan fingerprint density at radius 2 is 1.82 bits per heavy atom. The maximum Gasteiger partial charge on any atom is 0.336 e. The first kappa shape index (κ1) is 19.3. The van der Waals surface area contributed by atoms with Gasteiger partial charge in [-0.15, -0.1) is 0 Å². The van der Waals surface area contributed by atoms with Crippen molar-refractivity contribution in [1.29, 1.82) is 0 Å². The molecule has 2 heterocycles. The zero-order valence-electron chi connectivity index (χ0n) is 16.0. The van der Waals surface area contributed by atoms with Crippen LogP contribution in [0.5, 0.6) is 11.5 Å². The maximum atomic E-state index is 12.7. The van der Waals surface area contributed by atoms with Crippen molar-refractivity contribution in [2.24, 2.45) is 0 Å². The lowest BCUT2D eigenvalue weighted by molar-refractivity contribution is -0.138. The minimum atomic E-state index is -0.768. The first-order valence-electron chi connectivity index (χ1n) is 8.64. The molecule has 2 aromatic rings. The lowest BCUT2D eigenvalue weighted by atomic mass is 9.82. The number of hydrogen-bond acceptors (Lipinski definition) is 7. The molecule has 9 nitrogen and oxygen atoms in total. The lowest BCUT2D eigenvalue weighted by Crippen LogP contribution is -2.35. The van der Waals surface area contributed by atoms with Crippen LogP contribution in [0, 0.1) is 0 Å². The molecular weight excluding hydrogens is 366 g/mol. The fourth-order valence-corrected chi connectivity index (χ4v) is 3.33. The smallest absolute Gasteiger partial charge is 0.336 e. The first-order chi connectivity index (χ1) is 13.4. The van der Waals surface area contributed by atoms with Crippen LogP contribution in [0.2, 0.25) is 0 Å². The van der Waals surface area contributed by atoms with Crippen molar-refractivity contribution in [3.05, 3.63) is 61.4 Å². The van der Waals surface area contributed by atoms with Crippen LogP contribution in [-0.2, 0) is 9.53 Å². The van der Waals surface area contributed by atoms with Crippen molar-refractivity contribution >= 4 is 11.8 Å². The van der Waals surface area contributed by atoms with Gasteiger partial charge in [-0.1, -0.05) is 6.07 Å². The fraction of sp³-hybridized carbons (Fsp3) is 0.316. The van der Waals surface area contributed by atoms with Gasteiger partial charge in [0.2, 0.25) is 0 Å². The van der Waals surface area contributed by atoms with Crippen LogP contribution >= 0.6 is 0 Å². The zero-order chi connectivity index (χ0) is 20.4. The van der Waals surface area contributed by atoms with Gasteiger partial charge in [-0.25, -0.2) is 9.59 Å². The summed E-state index contributed by atoms with van der Waals surface area (Å²) in [5.74, 6) is -0.130. The molecule has 1 atom stereocenters. The van der Waals surface area contributed by atoms with Gasteiger partial charge in [-0.05, 0) is 31.5 Å². The number of allylic oxidation sites excluding steroid dienone is 1. The van der Waals surface area contributed by atoms with Gasteiger partial charge in [-0.2, -0.15) is 0 Å². The van der Waals surface area contributed by atoms with Gasteiger partial charge in [0.15, 0.2) is 11.5 Å². The molecule has 0 spiro atoms. The van der Waals surface area contributed by atoms with Crippen LogP contribution in [0.1, 0.15) is 30.9 Å². The van der Waals surface area contributed by atoms with Crippen LogP contribution in [0.25, 0.3) is 0 Å². The van der Waals surface area contributed by atoms with Crippen LogP contribution in [0.15, 0.2) is 39.1 Å². The number of methoxy groups -OCH3 is 2. The van der Waals surface area contributed by atoms with Crippen molar-refractivity contribution < 1.29 is 19.0 Å². The minimum absolute atomic E-state index is 0.184. The van der Waals surface area contributed by atoms with Crippen molar-refractivity contribution in [3.8, 4) is 11.5 Å². The van der Waals surface area contributed by atoms with E-state index in [1.165, 1.54) is 14.2 Å². The van der Waals surface area contributed by atoms with Gasteiger partial charge in [0.1, 0.15) is 5.82 Å². The number of rotatable bonds is 5. The van der Waals surface area contributed by atoms with Gasteiger partial charge in [-0.3, -0.25) is 14.8 Å².